The van der Waals surface area contributed by atoms with Gasteiger partial charge in [-0.05, 0) is 48.2 Å². The van der Waals surface area contributed by atoms with Crippen LogP contribution in [0.15, 0.2) is 82.4 Å². The summed E-state index contributed by atoms with van der Waals surface area (Å²) in [5, 5.41) is 23.1. The molecule has 214 valence electrons. The number of sulfonamides is 1. The Kier molecular flexibility index (Phi) is 4.87. The van der Waals surface area contributed by atoms with E-state index in [1.807, 2.05) is 0 Å². The van der Waals surface area contributed by atoms with Crippen LogP contribution in [0.2, 0.25) is 0 Å². The van der Waals surface area contributed by atoms with Crippen molar-refractivity contribution in [2.24, 2.45) is 11.8 Å². The van der Waals surface area contributed by atoms with Crippen molar-refractivity contribution in [2.45, 2.75) is 49.5 Å². The van der Waals surface area contributed by atoms with Crippen LogP contribution in [0.5, 0.6) is 0 Å². The van der Waals surface area contributed by atoms with Crippen LogP contribution in [0.3, 0.4) is 0 Å². The first-order chi connectivity index (χ1) is 23.8. The van der Waals surface area contributed by atoms with Gasteiger partial charge in [0.2, 0.25) is 16.3 Å². The van der Waals surface area contributed by atoms with Gasteiger partial charge in [0.25, 0.3) is 0 Å². The fraction of sp³-hybridized carbons (Fsp3) is 0.414. The lowest BCUT2D eigenvalue weighted by Gasteiger charge is -2.39. The van der Waals surface area contributed by atoms with Gasteiger partial charge in [0.15, 0.2) is 0 Å². The summed E-state index contributed by atoms with van der Waals surface area (Å²) in [6.45, 7) is -2.77. The molecule has 0 aliphatic carbocycles. The van der Waals surface area contributed by atoms with Crippen molar-refractivity contribution in [1.82, 2.24) is 9.21 Å². The molecule has 5 atom stereocenters. The number of fused-ring (bicyclic) bond motifs is 2. The van der Waals surface area contributed by atoms with E-state index in [9.17, 15) is 31.6 Å². The molecule has 3 aromatic rings. The highest BCUT2D eigenvalue weighted by Gasteiger charge is 2.48. The van der Waals surface area contributed by atoms with Crippen molar-refractivity contribution in [3.63, 3.8) is 0 Å². The zero-order valence-corrected chi connectivity index (χ0v) is 22.2. The van der Waals surface area contributed by atoms with Crippen LogP contribution in [-0.4, -0.2) is 78.0 Å². The van der Waals surface area contributed by atoms with Crippen LogP contribution < -0.4 is 0 Å². The van der Waals surface area contributed by atoms with Crippen molar-refractivity contribution in [1.29, 1.82) is 0 Å². The Hall–Kier alpha value is -3.38. The van der Waals surface area contributed by atoms with Gasteiger partial charge in [-0.2, -0.15) is 4.31 Å². The molecule has 0 radical (unpaired) electrons. The second-order valence-electron chi connectivity index (χ2n) is 9.39. The first-order valence-corrected chi connectivity index (χ1v) is 13.6. The van der Waals surface area contributed by atoms with Gasteiger partial charge in [0.05, 0.1) is 57.7 Å². The second-order valence-corrected chi connectivity index (χ2v) is 11.3. The number of nitrogens with zero attached hydrogens (tertiary/aromatic N) is 2. The maximum atomic E-state index is 14.4. The van der Waals surface area contributed by atoms with Crippen molar-refractivity contribution < 1.29 is 53.8 Å². The number of carboxylic acid groups (broad SMARTS) is 1. The molecule has 11 heteroatoms. The normalized spacial score (nSPS) is 28.6. The summed E-state index contributed by atoms with van der Waals surface area (Å²) < 4.78 is 149. The minimum absolute atomic E-state index is 0.0194. The third-order valence-electron chi connectivity index (χ3n) is 6.16. The maximum absolute atomic E-state index is 14.4. The lowest BCUT2D eigenvalue weighted by Crippen LogP contribution is -2.57. The number of carbonyl (C=O) groups is 1. The average molecular weight is 583 g/mol. The molecule has 3 heterocycles. The first kappa shape index (κ1) is 16.8. The van der Waals surface area contributed by atoms with E-state index in [0.717, 1.165) is 18.4 Å². The quantitative estimate of drug-likeness (QED) is 0.348. The fourth-order valence-corrected chi connectivity index (χ4v) is 5.83. The Bertz CT molecular complexity index is 2030. The van der Waals surface area contributed by atoms with E-state index in [1.54, 1.807) is 0 Å². The Morgan fingerprint density at radius 2 is 2.02 bits per heavy atom. The molecule has 1 saturated heterocycles. The van der Waals surface area contributed by atoms with E-state index in [0.29, 0.717) is 0 Å². The van der Waals surface area contributed by atoms with Gasteiger partial charge in [0, 0.05) is 23.9 Å². The number of amides is 1. The predicted molar refractivity (Wildman–Crippen MR) is 147 cm³/mol. The third kappa shape index (κ3) is 5.73. The third-order valence-corrected chi connectivity index (χ3v) is 7.83. The lowest BCUT2D eigenvalue weighted by molar-refractivity contribution is -0.0690. The van der Waals surface area contributed by atoms with E-state index >= 15 is 0 Å². The number of ether oxygens (including phenoxy) is 2. The Morgan fingerprint density at radius 1 is 1.25 bits per heavy atom. The first-order valence-electron chi connectivity index (χ1n) is 18.1. The van der Waals surface area contributed by atoms with Crippen LogP contribution in [0.1, 0.15) is 35.9 Å². The standard InChI is InChI=1S/C29H34N2O8S/c1-19(2)16-30(40(35,36)22-8-9-27-21(15-22)10-12-37-27)17-26(32)24(14-20-6-4-3-5-7-20)31(29(33)34)25-18-39-28-23(25)11-13-38-28/h3-13,15,19,23-26,28,32H,14,16-18H2,1-2H3,(H,33,34)/t23-,24-,25?,26+,28-/m0/s1/i3D,4D,5D,6D,7D,12D,14D2,17D2,24D,26D. The lowest BCUT2D eigenvalue weighted by atomic mass is 9.94. The van der Waals surface area contributed by atoms with Crippen molar-refractivity contribution in [3.05, 3.63) is 78.6 Å². The summed E-state index contributed by atoms with van der Waals surface area (Å²) in [7, 11) is -5.22. The number of hydrogen-bond acceptors (Lipinski definition) is 7. The van der Waals surface area contributed by atoms with Crippen molar-refractivity contribution in [2.75, 3.05) is 19.6 Å². The Morgan fingerprint density at radius 3 is 2.75 bits per heavy atom. The molecule has 2 aliphatic rings. The highest BCUT2D eigenvalue weighted by molar-refractivity contribution is 7.89. The molecule has 1 unspecified atom stereocenters. The molecule has 1 fully saturated rings. The molecule has 0 saturated carbocycles. The molecule has 2 N–H and O–H groups in total. The number of hydrogen-bond donors (Lipinski definition) is 2. The van der Waals surface area contributed by atoms with Crippen LogP contribution in [0.25, 0.3) is 11.0 Å². The zero-order chi connectivity index (χ0) is 39.1. The van der Waals surface area contributed by atoms with Gasteiger partial charge in [-0.3, -0.25) is 4.90 Å². The fourth-order valence-electron chi connectivity index (χ4n) is 4.36. The highest BCUT2D eigenvalue weighted by Crippen LogP contribution is 2.34. The van der Waals surface area contributed by atoms with Gasteiger partial charge >= 0.3 is 6.09 Å². The minimum atomic E-state index is -5.22. The molecule has 40 heavy (non-hydrogen) atoms. The number of rotatable bonds is 11. The highest BCUT2D eigenvalue weighted by atomic mass is 32.2. The van der Waals surface area contributed by atoms with Gasteiger partial charge in [0.1, 0.15) is 6.95 Å². The van der Waals surface area contributed by atoms with Crippen molar-refractivity contribution in [3.8, 4) is 0 Å². The van der Waals surface area contributed by atoms with Crippen molar-refractivity contribution >= 4 is 27.1 Å². The molecule has 1 amide bonds. The zero-order valence-electron chi connectivity index (χ0n) is 33.3. The van der Waals surface area contributed by atoms with Crippen LogP contribution in [-0.2, 0) is 25.9 Å². The second kappa shape index (κ2) is 11.6. The number of aliphatic hydroxyl groups is 1. The van der Waals surface area contributed by atoms with E-state index in [1.165, 1.54) is 32.1 Å². The summed E-state index contributed by atoms with van der Waals surface area (Å²) in [5.41, 5.74) is -1.32. The monoisotopic (exact) mass is 582 g/mol. The largest absolute Gasteiger partial charge is 0.472 e. The summed E-state index contributed by atoms with van der Waals surface area (Å²) >= 11 is 0. The molecule has 10 nitrogen and oxygen atoms in total. The molecule has 0 spiro atoms. The maximum Gasteiger partial charge on any atom is 0.408 e. The topological polar surface area (TPSA) is 130 Å². The Balaban J connectivity index is 1.82. The average Bonchev–Trinajstić information content (AvgIpc) is 3.77. The van der Waals surface area contributed by atoms with E-state index < -0.39 is 119 Å². The summed E-state index contributed by atoms with van der Waals surface area (Å²) in [6.07, 6.45) is -10.0. The van der Waals surface area contributed by atoms with Gasteiger partial charge in [-0.15, -0.1) is 0 Å². The van der Waals surface area contributed by atoms with E-state index in [2.05, 4.69) is 0 Å². The van der Waals surface area contributed by atoms with E-state index in [4.69, 9.17) is 22.1 Å². The van der Waals surface area contributed by atoms with E-state index in [-0.39, 0.29) is 26.4 Å². The van der Waals surface area contributed by atoms with Gasteiger partial charge < -0.3 is 24.1 Å². The molecule has 2 aliphatic heterocycles. The van der Waals surface area contributed by atoms with Gasteiger partial charge in [-0.1, -0.05) is 44.1 Å². The SMILES string of the molecule is [2H]c1cc2cc(S(=O)(=O)N(CC(C)C)C([2H])([2H])[C@@]([2H])(O)[C@@]([2H])(N(C(=O)O)C3CO[C@@H]4OC=C[C@@H]34)C([2H])([2H])c3c([2H])c([2H])c([2H])c([2H])c3[2H])ccc2o1. The summed E-state index contributed by atoms with van der Waals surface area (Å²) in [6, 6.07) is -7.57. The molecule has 0 bridgehead atoms. The smallest absolute Gasteiger partial charge is 0.408 e. The Labute approximate surface area is 250 Å². The van der Waals surface area contributed by atoms with Crippen LogP contribution >= 0.6 is 0 Å². The molecule has 1 aromatic heterocycles. The molecule has 5 rings (SSSR count). The number of furan rings is 1. The molecular weight excluding hydrogens is 536 g/mol. The van der Waals surface area contributed by atoms with Gasteiger partial charge in [-0.25, -0.2) is 13.2 Å². The minimum Gasteiger partial charge on any atom is -0.472 e. The van der Waals surface area contributed by atoms with Crippen LogP contribution in [0.4, 0.5) is 4.79 Å². The summed E-state index contributed by atoms with van der Waals surface area (Å²) in [4.78, 5) is 12.5. The molecule has 2 aromatic carbocycles. The molecular formula is C29H34N2O8S. The number of benzene rings is 2. The predicted octanol–water partition coefficient (Wildman–Crippen LogP) is 3.92. The van der Waals surface area contributed by atoms with Crippen LogP contribution in [0, 0.1) is 11.8 Å². The summed E-state index contributed by atoms with van der Waals surface area (Å²) in [5.74, 6) is -1.92.